The van der Waals surface area contributed by atoms with Crippen molar-refractivity contribution in [3.05, 3.63) is 119 Å². The normalized spacial score (nSPS) is 31.2. The fraction of sp³-hybridized carbons (Fsp3) is 0.447. The number of rotatable bonds is 11. The van der Waals surface area contributed by atoms with Gasteiger partial charge in [-0.1, -0.05) is 80.6 Å². The van der Waals surface area contributed by atoms with Crippen molar-refractivity contribution in [1.82, 2.24) is 10.6 Å². The van der Waals surface area contributed by atoms with Gasteiger partial charge in [-0.05, 0) is 54.8 Å². The summed E-state index contributed by atoms with van der Waals surface area (Å²) in [6, 6.07) is 22.8. The van der Waals surface area contributed by atoms with Gasteiger partial charge in [-0.25, -0.2) is 14.4 Å². The summed E-state index contributed by atoms with van der Waals surface area (Å²) in [5.74, 6) is -6.13. The van der Waals surface area contributed by atoms with E-state index in [4.69, 9.17) is 29.4 Å². The highest BCUT2D eigenvalue weighted by Crippen LogP contribution is 2.64. The van der Waals surface area contributed by atoms with Crippen LogP contribution in [0.25, 0.3) is 0 Å². The summed E-state index contributed by atoms with van der Waals surface area (Å²) in [4.78, 5) is 84.2. The van der Waals surface area contributed by atoms with Gasteiger partial charge in [0.05, 0.1) is 42.3 Å². The second kappa shape index (κ2) is 17.5. The topological polar surface area (TPSA) is 259 Å². The molecule has 17 nitrogen and oxygen atoms in total. The molecule has 3 aromatic carbocycles. The molecule has 11 atom stereocenters. The van der Waals surface area contributed by atoms with Crippen molar-refractivity contribution in [2.45, 2.75) is 101 Å². The van der Waals surface area contributed by atoms with E-state index >= 15 is 4.79 Å². The Kier molecular flexibility index (Phi) is 12.6. The number of hydrogen-bond acceptors (Lipinski definition) is 15. The molecule has 0 radical (unpaired) electrons. The molecule has 2 bridgehead atoms. The number of carbonyl (C=O) groups is 6. The number of Topliss-reactive ketones (excluding diaryl/α,β-unsaturated/α-hetero) is 1. The maximum absolute atomic E-state index is 15.6. The van der Waals surface area contributed by atoms with E-state index < -0.39 is 119 Å². The average Bonchev–Trinajstić information content (AvgIpc) is 3.27. The molecule has 64 heavy (non-hydrogen) atoms. The number of aliphatic hydroxyl groups is 3. The number of nitrogens with one attached hydrogen (secondary N) is 2. The fourth-order valence-corrected chi connectivity index (χ4v) is 10.2. The van der Waals surface area contributed by atoms with Gasteiger partial charge >= 0.3 is 24.0 Å². The summed E-state index contributed by atoms with van der Waals surface area (Å²) in [7, 11) is 0. The van der Waals surface area contributed by atoms with Gasteiger partial charge in [0.15, 0.2) is 23.6 Å². The van der Waals surface area contributed by atoms with E-state index in [-0.39, 0.29) is 35.3 Å². The van der Waals surface area contributed by atoms with Crippen molar-refractivity contribution in [3.63, 3.8) is 0 Å². The number of esters is 3. The van der Waals surface area contributed by atoms with E-state index in [1.54, 1.807) is 78.9 Å². The minimum absolute atomic E-state index is 0.0522. The SMILES string of the molecule is CC(=O)O[C@@]12COC1C[C@H](O)C1(C)C(=O)[C@H](OC(=O)NCN)C3=C(C)[C@@H](OC(=O)[C@H](O)[C@@H](NC(=O)c4ccccc4)c4ccccc4)C[C@@](O)([C@@H](OC(=O)c4ccccc4)[C@@H]12)C3(C)C. The summed E-state index contributed by atoms with van der Waals surface area (Å²) in [6.45, 7) is 6.34. The van der Waals surface area contributed by atoms with Crippen molar-refractivity contribution < 1.29 is 67.8 Å². The van der Waals surface area contributed by atoms with Crippen molar-refractivity contribution >= 4 is 35.7 Å². The number of ketones is 1. The van der Waals surface area contributed by atoms with Crippen LogP contribution in [0.15, 0.2) is 102 Å². The zero-order valence-electron chi connectivity index (χ0n) is 36.0. The molecule has 340 valence electrons. The van der Waals surface area contributed by atoms with Crippen LogP contribution in [0.5, 0.6) is 0 Å². The van der Waals surface area contributed by atoms with Crippen molar-refractivity contribution in [1.29, 1.82) is 0 Å². The Morgan fingerprint density at radius 1 is 0.891 bits per heavy atom. The summed E-state index contributed by atoms with van der Waals surface area (Å²) in [5.41, 5.74) is -1.76. The van der Waals surface area contributed by atoms with Crippen LogP contribution >= 0.6 is 0 Å². The van der Waals surface area contributed by atoms with Gasteiger partial charge in [0.25, 0.3) is 5.91 Å². The first-order chi connectivity index (χ1) is 30.3. The number of carbonyl (C=O) groups excluding carboxylic acids is 6. The molecule has 2 unspecified atom stereocenters. The molecule has 3 fully saturated rings. The first-order valence-corrected chi connectivity index (χ1v) is 21.0. The van der Waals surface area contributed by atoms with E-state index in [1.165, 1.54) is 39.8 Å². The lowest BCUT2D eigenvalue weighted by Crippen LogP contribution is -2.82. The Morgan fingerprint density at radius 2 is 1.48 bits per heavy atom. The minimum Gasteiger partial charge on any atom is -0.456 e. The highest BCUT2D eigenvalue weighted by Gasteiger charge is 2.78. The van der Waals surface area contributed by atoms with E-state index in [0.29, 0.717) is 5.56 Å². The fourth-order valence-electron chi connectivity index (χ4n) is 10.2. The summed E-state index contributed by atoms with van der Waals surface area (Å²) in [5, 5.41) is 42.7. The van der Waals surface area contributed by atoms with Gasteiger partial charge in [-0.15, -0.1) is 0 Å². The number of nitrogens with two attached hydrogens (primary N) is 1. The van der Waals surface area contributed by atoms with Gasteiger partial charge in [0, 0.05) is 30.7 Å². The molecule has 1 aliphatic heterocycles. The summed E-state index contributed by atoms with van der Waals surface area (Å²) in [6.07, 6.45) is -12.0. The number of aliphatic hydroxyl groups excluding tert-OH is 2. The molecule has 1 heterocycles. The van der Waals surface area contributed by atoms with Crippen LogP contribution in [-0.2, 0) is 38.1 Å². The molecule has 7 N–H and O–H groups in total. The van der Waals surface area contributed by atoms with Gasteiger partial charge in [-0.3, -0.25) is 14.4 Å². The van der Waals surface area contributed by atoms with Crippen LogP contribution in [0, 0.1) is 16.7 Å². The zero-order chi connectivity index (χ0) is 46.4. The minimum atomic E-state index is -2.44. The van der Waals surface area contributed by atoms with E-state index in [2.05, 4.69) is 10.6 Å². The molecule has 3 aliphatic carbocycles. The highest BCUT2D eigenvalue weighted by molar-refractivity contribution is 5.96. The smallest absolute Gasteiger partial charge is 0.409 e. The first kappa shape index (κ1) is 46.0. The number of benzene rings is 3. The molecule has 7 rings (SSSR count). The molecule has 1 saturated heterocycles. The van der Waals surface area contributed by atoms with Crippen LogP contribution in [0.4, 0.5) is 4.79 Å². The van der Waals surface area contributed by atoms with Crippen LogP contribution in [0.3, 0.4) is 0 Å². The number of hydrogen-bond donors (Lipinski definition) is 6. The Morgan fingerprint density at radius 3 is 2.05 bits per heavy atom. The quantitative estimate of drug-likeness (QED) is 0.0701. The number of alkyl carbamates (subject to hydrolysis) is 1. The second-order valence-corrected chi connectivity index (χ2v) is 17.5. The largest absolute Gasteiger partial charge is 0.456 e. The molecule has 2 amide bonds. The van der Waals surface area contributed by atoms with Gasteiger partial charge in [0.1, 0.15) is 23.9 Å². The summed E-state index contributed by atoms with van der Waals surface area (Å²) >= 11 is 0. The maximum Gasteiger partial charge on any atom is 0.409 e. The standard InChI is InChI=1S/C47H53N3O14/c1-25-30(61-42(57)35(53)34(27-15-9-6-10-16-27)50-40(55)28-17-11-7-12-18-28)22-47(59)39(63-41(56)29-19-13-8-14-20-29)37-45(5,31(52)21-32-46(37,23-60-32)64-26(2)51)38(54)36(33(25)44(47,3)4)62-43(58)49-24-48/h6-20,30-32,34-37,39,52-53,59H,21-24,48H2,1-5H3,(H,49,58)(H,50,55)/t30-,31-,32?,34-,35+,36+,37-,39-,45?,46-,47+/m0/s1. The molecular weight excluding hydrogens is 831 g/mol. The van der Waals surface area contributed by atoms with Crippen molar-refractivity contribution in [2.24, 2.45) is 22.5 Å². The van der Waals surface area contributed by atoms with Crippen molar-refractivity contribution in [3.8, 4) is 0 Å². The molecule has 0 aromatic heterocycles. The van der Waals surface area contributed by atoms with Crippen LogP contribution in [0.2, 0.25) is 0 Å². The highest BCUT2D eigenvalue weighted by atomic mass is 16.6. The number of amides is 2. The first-order valence-electron chi connectivity index (χ1n) is 21.0. The number of ether oxygens (including phenoxy) is 5. The monoisotopic (exact) mass is 883 g/mol. The van der Waals surface area contributed by atoms with Gasteiger partial charge in [0.2, 0.25) is 0 Å². The molecule has 4 aliphatic rings. The third-order valence-electron chi connectivity index (χ3n) is 13.7. The maximum atomic E-state index is 15.6. The Balaban J connectivity index is 1.40. The van der Waals surface area contributed by atoms with E-state index in [1.807, 2.05) is 0 Å². The Labute approximate surface area is 369 Å². The van der Waals surface area contributed by atoms with Gasteiger partial charge < -0.3 is 55.4 Å². The molecule has 2 saturated carbocycles. The number of fused-ring (bicyclic) bond motifs is 5. The zero-order valence-corrected chi connectivity index (χ0v) is 36.0. The second-order valence-electron chi connectivity index (χ2n) is 17.5. The molecule has 3 aromatic rings. The third kappa shape index (κ3) is 7.74. The van der Waals surface area contributed by atoms with Crippen LogP contribution in [0.1, 0.15) is 79.8 Å². The predicted molar refractivity (Wildman–Crippen MR) is 225 cm³/mol. The Hall–Kier alpha value is -5.98. The molecular formula is C47H53N3O14. The molecule has 0 spiro atoms. The van der Waals surface area contributed by atoms with E-state index in [0.717, 1.165) is 6.92 Å². The Bertz CT molecular complexity index is 2330. The molecule has 17 heteroatoms. The third-order valence-corrected chi connectivity index (χ3v) is 13.7. The van der Waals surface area contributed by atoms with Crippen molar-refractivity contribution in [2.75, 3.05) is 13.3 Å². The lowest BCUT2D eigenvalue weighted by atomic mass is 9.44. The van der Waals surface area contributed by atoms with Gasteiger partial charge in [-0.2, -0.15) is 0 Å². The van der Waals surface area contributed by atoms with Crippen LogP contribution in [-0.4, -0.2) is 112 Å². The van der Waals surface area contributed by atoms with Crippen LogP contribution < -0.4 is 16.4 Å². The lowest BCUT2D eigenvalue weighted by molar-refractivity contribution is -0.345. The summed E-state index contributed by atoms with van der Waals surface area (Å²) < 4.78 is 30.4. The lowest BCUT2D eigenvalue weighted by Gasteiger charge is -2.67. The predicted octanol–water partition coefficient (Wildman–Crippen LogP) is 2.82. The average molecular weight is 884 g/mol. The van der Waals surface area contributed by atoms with E-state index in [9.17, 15) is 39.3 Å².